The van der Waals surface area contributed by atoms with Crippen molar-refractivity contribution >= 4 is 11.6 Å². The number of aliphatic hydroxyl groups is 1. The van der Waals surface area contributed by atoms with Gasteiger partial charge in [0, 0.05) is 17.0 Å². The quantitative estimate of drug-likeness (QED) is 0.649. The number of carbonyl (C=O) groups is 2. The van der Waals surface area contributed by atoms with Crippen LogP contribution in [0.3, 0.4) is 0 Å². The van der Waals surface area contributed by atoms with Crippen LogP contribution in [-0.4, -0.2) is 38.1 Å². The van der Waals surface area contributed by atoms with Crippen molar-refractivity contribution in [1.29, 1.82) is 0 Å². The molecule has 142 valence electrons. The zero-order valence-electron chi connectivity index (χ0n) is 15.7. The Labute approximate surface area is 156 Å². The molecule has 0 bridgehead atoms. The molecule has 1 aliphatic heterocycles. The van der Waals surface area contributed by atoms with E-state index < -0.39 is 28.5 Å². The van der Waals surface area contributed by atoms with Gasteiger partial charge in [-0.2, -0.15) is 0 Å². The van der Waals surface area contributed by atoms with Gasteiger partial charge in [0.15, 0.2) is 11.5 Å². The third-order valence-corrected chi connectivity index (χ3v) is 5.93. The van der Waals surface area contributed by atoms with Crippen LogP contribution in [0.4, 0.5) is 0 Å². The number of rotatable bonds is 0. The molecule has 6 heteroatoms. The highest BCUT2D eigenvalue weighted by atomic mass is 16.5. The third-order valence-electron chi connectivity index (χ3n) is 5.93. The highest BCUT2D eigenvalue weighted by Crippen LogP contribution is 2.51. The number of allylic oxidation sites excluding steroid dienone is 2. The average Bonchev–Trinajstić information content (AvgIpc) is 2.55. The zero-order chi connectivity index (χ0) is 19.9. The molecule has 27 heavy (non-hydrogen) atoms. The van der Waals surface area contributed by atoms with E-state index in [-0.39, 0.29) is 39.7 Å². The molecular formula is C21H22O6. The van der Waals surface area contributed by atoms with Crippen molar-refractivity contribution in [2.75, 3.05) is 0 Å². The van der Waals surface area contributed by atoms with Crippen molar-refractivity contribution < 1.29 is 29.6 Å². The van der Waals surface area contributed by atoms with Crippen LogP contribution < -0.4 is 0 Å². The Balaban J connectivity index is 2.01. The molecule has 6 nitrogen and oxygen atoms in total. The number of benzene rings is 1. The molecule has 0 aromatic heterocycles. The van der Waals surface area contributed by atoms with Gasteiger partial charge in [0.2, 0.25) is 5.78 Å². The molecule has 3 aliphatic rings. The summed E-state index contributed by atoms with van der Waals surface area (Å²) in [6.45, 7) is 6.84. The molecule has 1 heterocycles. The molecule has 0 unspecified atom stereocenters. The normalized spacial score (nSPS) is 28.8. The standard InChI is InChI=1S/C21H22O6/c1-9-13(22)7-10-14(16(9)23)18(25)19-15(17(10)24)11-8-21(4,26)6-5-12(11)20(2,3)27-19/h7-8,12,22-23,26H,5-6H2,1-4H3/t12-,21-/m0/s1. The van der Waals surface area contributed by atoms with Gasteiger partial charge in [-0.1, -0.05) is 0 Å². The van der Waals surface area contributed by atoms with E-state index in [0.717, 1.165) is 0 Å². The molecule has 0 amide bonds. The molecule has 0 saturated carbocycles. The number of phenolic OH excluding ortho intramolecular Hbond substituents is 2. The van der Waals surface area contributed by atoms with Crippen LogP contribution in [0.5, 0.6) is 11.5 Å². The predicted molar refractivity (Wildman–Crippen MR) is 96.8 cm³/mol. The van der Waals surface area contributed by atoms with Gasteiger partial charge in [-0.15, -0.1) is 0 Å². The summed E-state index contributed by atoms with van der Waals surface area (Å²) in [6.07, 6.45) is 2.78. The number of ketones is 2. The number of fused-ring (bicyclic) bond motifs is 3. The van der Waals surface area contributed by atoms with Crippen molar-refractivity contribution in [3.63, 3.8) is 0 Å². The number of carbonyl (C=O) groups excluding carboxylic acids is 2. The first kappa shape index (κ1) is 17.8. The smallest absolute Gasteiger partial charge is 0.232 e. The van der Waals surface area contributed by atoms with E-state index in [4.69, 9.17) is 4.74 Å². The topological polar surface area (TPSA) is 104 Å². The van der Waals surface area contributed by atoms with Crippen molar-refractivity contribution in [2.45, 2.75) is 51.7 Å². The second-order valence-corrected chi connectivity index (χ2v) is 8.41. The van der Waals surface area contributed by atoms with Gasteiger partial charge < -0.3 is 20.1 Å². The van der Waals surface area contributed by atoms with E-state index in [2.05, 4.69) is 0 Å². The van der Waals surface area contributed by atoms with Gasteiger partial charge in [-0.3, -0.25) is 9.59 Å². The van der Waals surface area contributed by atoms with Gasteiger partial charge in [-0.05, 0) is 58.3 Å². The van der Waals surface area contributed by atoms with Gasteiger partial charge in [0.1, 0.15) is 17.1 Å². The maximum Gasteiger partial charge on any atom is 0.232 e. The minimum absolute atomic E-state index is 0.0486. The highest BCUT2D eigenvalue weighted by molar-refractivity contribution is 6.29. The summed E-state index contributed by atoms with van der Waals surface area (Å²) in [7, 11) is 0. The molecule has 3 N–H and O–H groups in total. The number of Topliss-reactive ketones (excluding diaryl/α,β-unsaturated/α-hetero) is 2. The molecule has 0 saturated heterocycles. The molecule has 2 aliphatic carbocycles. The SMILES string of the molecule is Cc1c(O)cc2c(c1O)C(=O)C1=C(C2=O)C2=C[C@@](C)(O)CC[C@@H]2C(C)(C)O1. The van der Waals surface area contributed by atoms with E-state index in [1.807, 2.05) is 13.8 Å². The fourth-order valence-electron chi connectivity index (χ4n) is 4.39. The minimum Gasteiger partial charge on any atom is -0.508 e. The summed E-state index contributed by atoms with van der Waals surface area (Å²) < 4.78 is 5.99. The summed E-state index contributed by atoms with van der Waals surface area (Å²) in [6, 6.07) is 1.21. The lowest BCUT2D eigenvalue weighted by Crippen LogP contribution is -2.47. The average molecular weight is 370 g/mol. The van der Waals surface area contributed by atoms with Crippen LogP contribution >= 0.6 is 0 Å². The molecule has 0 fully saturated rings. The van der Waals surface area contributed by atoms with Gasteiger partial charge in [0.05, 0.1) is 16.7 Å². The third kappa shape index (κ3) is 2.36. The fourth-order valence-corrected chi connectivity index (χ4v) is 4.39. The first-order valence-electron chi connectivity index (χ1n) is 8.98. The second kappa shape index (κ2) is 5.23. The maximum absolute atomic E-state index is 13.3. The van der Waals surface area contributed by atoms with Crippen LogP contribution in [0.15, 0.2) is 29.0 Å². The molecule has 2 atom stereocenters. The number of aromatic hydroxyl groups is 2. The van der Waals surface area contributed by atoms with Crippen LogP contribution in [-0.2, 0) is 4.74 Å². The molecule has 1 aromatic rings. The van der Waals surface area contributed by atoms with Crippen LogP contribution in [0, 0.1) is 12.8 Å². The van der Waals surface area contributed by atoms with E-state index >= 15 is 0 Å². The number of phenols is 2. The Hall–Kier alpha value is -2.60. The Kier molecular flexibility index (Phi) is 3.44. The number of ether oxygens (including phenoxy) is 1. The Bertz CT molecular complexity index is 977. The Morgan fingerprint density at radius 3 is 2.48 bits per heavy atom. The van der Waals surface area contributed by atoms with Gasteiger partial charge in [-0.25, -0.2) is 0 Å². The van der Waals surface area contributed by atoms with E-state index in [0.29, 0.717) is 18.4 Å². The summed E-state index contributed by atoms with van der Waals surface area (Å²) in [5.41, 5.74) is -1.17. The molecule has 0 spiro atoms. The highest BCUT2D eigenvalue weighted by Gasteiger charge is 2.51. The monoisotopic (exact) mass is 370 g/mol. The molecule has 0 radical (unpaired) electrons. The van der Waals surface area contributed by atoms with Crippen molar-refractivity contribution in [1.82, 2.24) is 0 Å². The zero-order valence-corrected chi connectivity index (χ0v) is 15.7. The first-order chi connectivity index (χ1) is 12.4. The largest absolute Gasteiger partial charge is 0.508 e. The van der Waals surface area contributed by atoms with Crippen molar-refractivity contribution in [3.05, 3.63) is 45.7 Å². The lowest BCUT2D eigenvalue weighted by molar-refractivity contribution is -0.0310. The lowest BCUT2D eigenvalue weighted by Gasteiger charge is -2.46. The van der Waals surface area contributed by atoms with E-state index in [1.165, 1.54) is 13.0 Å². The predicted octanol–water partition coefficient (Wildman–Crippen LogP) is 2.94. The first-order valence-corrected chi connectivity index (χ1v) is 8.98. The minimum atomic E-state index is -1.08. The Morgan fingerprint density at radius 2 is 1.81 bits per heavy atom. The van der Waals surface area contributed by atoms with Crippen LogP contribution in [0.2, 0.25) is 0 Å². The lowest BCUT2D eigenvalue weighted by atomic mass is 9.66. The summed E-state index contributed by atoms with van der Waals surface area (Å²) in [5, 5.41) is 30.9. The van der Waals surface area contributed by atoms with Gasteiger partial charge >= 0.3 is 0 Å². The van der Waals surface area contributed by atoms with E-state index in [9.17, 15) is 24.9 Å². The summed E-state index contributed by atoms with van der Waals surface area (Å²) in [5.74, 6) is -1.99. The van der Waals surface area contributed by atoms with Crippen molar-refractivity contribution in [2.24, 2.45) is 5.92 Å². The molecule has 1 aromatic carbocycles. The van der Waals surface area contributed by atoms with Crippen LogP contribution in [0.25, 0.3) is 0 Å². The van der Waals surface area contributed by atoms with Crippen molar-refractivity contribution in [3.8, 4) is 11.5 Å². The van der Waals surface area contributed by atoms with Crippen LogP contribution in [0.1, 0.15) is 59.9 Å². The maximum atomic E-state index is 13.3. The van der Waals surface area contributed by atoms with E-state index in [1.54, 1.807) is 13.0 Å². The summed E-state index contributed by atoms with van der Waals surface area (Å²) in [4.78, 5) is 26.4. The summed E-state index contributed by atoms with van der Waals surface area (Å²) >= 11 is 0. The number of hydrogen-bond acceptors (Lipinski definition) is 6. The Morgan fingerprint density at radius 1 is 1.15 bits per heavy atom. The van der Waals surface area contributed by atoms with Gasteiger partial charge in [0.25, 0.3) is 0 Å². The molecule has 4 rings (SSSR count). The number of hydrogen-bond donors (Lipinski definition) is 3. The fraction of sp³-hybridized carbons (Fsp3) is 0.429. The second-order valence-electron chi connectivity index (χ2n) is 8.41. The molecular weight excluding hydrogens is 348 g/mol.